The summed E-state index contributed by atoms with van der Waals surface area (Å²) >= 11 is 6.10. The zero-order valence-corrected chi connectivity index (χ0v) is 13.2. The number of hydrogen-bond acceptors (Lipinski definition) is 5. The molecule has 118 valence electrons. The third-order valence-corrected chi connectivity index (χ3v) is 4.35. The van der Waals surface area contributed by atoms with Gasteiger partial charge in [0.2, 0.25) is 5.76 Å². The van der Waals surface area contributed by atoms with Crippen LogP contribution in [0.5, 0.6) is 0 Å². The molecule has 0 bridgehead atoms. The second-order valence-electron chi connectivity index (χ2n) is 5.68. The molecule has 1 aliphatic heterocycles. The summed E-state index contributed by atoms with van der Waals surface area (Å²) < 4.78 is 10.7. The van der Waals surface area contributed by atoms with Crippen LogP contribution in [0.3, 0.4) is 0 Å². The topological polar surface area (TPSA) is 68.4 Å². The number of aromatic nitrogens is 1. The summed E-state index contributed by atoms with van der Waals surface area (Å²) in [6.45, 7) is 1.53. The molecule has 2 aromatic heterocycles. The van der Waals surface area contributed by atoms with Crippen molar-refractivity contribution in [3.05, 3.63) is 58.9 Å². The van der Waals surface area contributed by atoms with E-state index in [0.717, 1.165) is 29.9 Å². The fourth-order valence-corrected chi connectivity index (χ4v) is 3.14. The van der Waals surface area contributed by atoms with E-state index in [1.807, 2.05) is 36.4 Å². The highest BCUT2D eigenvalue weighted by atomic mass is 35.5. The molecule has 1 atom stereocenters. The van der Waals surface area contributed by atoms with Gasteiger partial charge in [0.1, 0.15) is 5.69 Å². The van der Waals surface area contributed by atoms with Gasteiger partial charge in [-0.25, -0.2) is 0 Å². The molecule has 1 aliphatic rings. The summed E-state index contributed by atoms with van der Waals surface area (Å²) in [5, 5.41) is 4.85. The van der Waals surface area contributed by atoms with E-state index in [9.17, 15) is 0 Å². The van der Waals surface area contributed by atoms with E-state index in [1.165, 1.54) is 0 Å². The van der Waals surface area contributed by atoms with Crippen LogP contribution in [-0.4, -0.2) is 11.7 Å². The average molecular weight is 330 g/mol. The molecule has 0 amide bonds. The fourth-order valence-electron chi connectivity index (χ4n) is 2.96. The molecule has 5 nitrogen and oxygen atoms in total. The summed E-state index contributed by atoms with van der Waals surface area (Å²) in [6.07, 6.45) is 2.50. The summed E-state index contributed by atoms with van der Waals surface area (Å²) in [5.74, 6) is 1.31. The van der Waals surface area contributed by atoms with Crippen LogP contribution in [0.2, 0.25) is 5.02 Å². The number of fused-ring (bicyclic) bond motifs is 1. The molecule has 1 unspecified atom stereocenters. The fraction of sp³-hybridized carbons (Fsp3) is 0.235. The second-order valence-corrected chi connectivity index (χ2v) is 6.12. The molecule has 3 heterocycles. The third-order valence-electron chi connectivity index (χ3n) is 4.12. The first kappa shape index (κ1) is 14.4. The molecule has 3 aromatic rings. The third kappa shape index (κ3) is 2.73. The van der Waals surface area contributed by atoms with E-state index in [1.54, 1.807) is 6.26 Å². The smallest absolute Gasteiger partial charge is 0.202 e. The van der Waals surface area contributed by atoms with Gasteiger partial charge in [-0.2, -0.15) is 0 Å². The number of nitrogens with two attached hydrogens (primary N) is 1. The summed E-state index contributed by atoms with van der Waals surface area (Å²) in [5.41, 5.74) is 9.25. The van der Waals surface area contributed by atoms with Gasteiger partial charge < -0.3 is 19.6 Å². The van der Waals surface area contributed by atoms with Gasteiger partial charge in [-0.1, -0.05) is 16.8 Å². The summed E-state index contributed by atoms with van der Waals surface area (Å²) in [6, 6.07) is 11.5. The van der Waals surface area contributed by atoms with Crippen LogP contribution in [0.4, 0.5) is 5.69 Å². The lowest BCUT2D eigenvalue weighted by Gasteiger charge is -2.34. The molecule has 0 spiro atoms. The average Bonchev–Trinajstić information content (AvgIpc) is 3.21. The highest BCUT2D eigenvalue weighted by Gasteiger charge is 2.24. The molecule has 0 saturated carbocycles. The van der Waals surface area contributed by atoms with E-state index >= 15 is 0 Å². The first-order valence-electron chi connectivity index (χ1n) is 7.50. The number of furan rings is 1. The Kier molecular flexibility index (Phi) is 3.59. The number of hydrogen-bond donors (Lipinski definition) is 1. The Morgan fingerprint density at radius 2 is 2.17 bits per heavy atom. The van der Waals surface area contributed by atoms with Crippen LogP contribution < -0.4 is 10.6 Å². The van der Waals surface area contributed by atoms with Crippen LogP contribution in [-0.2, 0) is 6.54 Å². The molecule has 0 aliphatic carbocycles. The van der Waals surface area contributed by atoms with Gasteiger partial charge >= 0.3 is 0 Å². The van der Waals surface area contributed by atoms with E-state index < -0.39 is 0 Å². The Morgan fingerprint density at radius 1 is 1.26 bits per heavy atom. The van der Waals surface area contributed by atoms with Crippen molar-refractivity contribution in [2.24, 2.45) is 5.73 Å². The lowest BCUT2D eigenvalue weighted by Crippen LogP contribution is -2.33. The van der Waals surface area contributed by atoms with Gasteiger partial charge in [0.15, 0.2) is 5.76 Å². The van der Waals surface area contributed by atoms with Crippen molar-refractivity contribution in [1.29, 1.82) is 0 Å². The van der Waals surface area contributed by atoms with Crippen molar-refractivity contribution < 1.29 is 8.94 Å². The molecule has 0 saturated heterocycles. The van der Waals surface area contributed by atoms with Crippen LogP contribution >= 0.6 is 11.6 Å². The van der Waals surface area contributed by atoms with E-state index in [0.29, 0.717) is 23.1 Å². The van der Waals surface area contributed by atoms with E-state index in [4.69, 9.17) is 26.3 Å². The lowest BCUT2D eigenvalue weighted by molar-refractivity contribution is 0.409. The number of nitrogens with zero attached hydrogens (tertiary/aromatic N) is 2. The van der Waals surface area contributed by atoms with Gasteiger partial charge in [-0.15, -0.1) is 0 Å². The Labute approximate surface area is 138 Å². The Morgan fingerprint density at radius 3 is 3.00 bits per heavy atom. The summed E-state index contributed by atoms with van der Waals surface area (Å²) in [7, 11) is 0. The van der Waals surface area contributed by atoms with E-state index in [2.05, 4.69) is 10.1 Å². The van der Waals surface area contributed by atoms with Crippen LogP contribution in [0.15, 0.2) is 51.6 Å². The van der Waals surface area contributed by atoms with Crippen molar-refractivity contribution in [3.8, 4) is 11.5 Å². The molecule has 6 heteroatoms. The van der Waals surface area contributed by atoms with Crippen molar-refractivity contribution in [1.82, 2.24) is 5.16 Å². The minimum atomic E-state index is 0.0240. The van der Waals surface area contributed by atoms with Gasteiger partial charge in [-0.3, -0.25) is 0 Å². The first-order chi connectivity index (χ1) is 11.2. The highest BCUT2D eigenvalue weighted by Crippen LogP contribution is 2.35. The van der Waals surface area contributed by atoms with Crippen molar-refractivity contribution >= 4 is 17.3 Å². The van der Waals surface area contributed by atoms with Crippen LogP contribution in [0, 0.1) is 0 Å². The Hall–Kier alpha value is -2.24. The zero-order valence-electron chi connectivity index (χ0n) is 12.4. The predicted octanol–water partition coefficient (Wildman–Crippen LogP) is 4.00. The maximum absolute atomic E-state index is 6.21. The number of halogens is 1. The quantitative estimate of drug-likeness (QED) is 0.786. The standard InChI is InChI=1S/C17H16ClN3O2/c18-11-3-4-15-13(8-11)14(19)5-6-21(15)10-12-9-17(23-20-12)16-2-1-7-22-16/h1-4,7-9,14H,5-6,10,19H2. The van der Waals surface area contributed by atoms with Gasteiger partial charge in [0, 0.05) is 29.4 Å². The molecule has 1 aromatic carbocycles. The number of benzene rings is 1. The monoisotopic (exact) mass is 329 g/mol. The maximum atomic E-state index is 6.21. The molecule has 4 rings (SSSR count). The number of anilines is 1. The van der Waals surface area contributed by atoms with Crippen molar-refractivity contribution in [2.45, 2.75) is 19.0 Å². The van der Waals surface area contributed by atoms with Crippen molar-refractivity contribution in [2.75, 3.05) is 11.4 Å². The molecular formula is C17H16ClN3O2. The molecule has 23 heavy (non-hydrogen) atoms. The number of rotatable bonds is 3. The summed E-state index contributed by atoms with van der Waals surface area (Å²) in [4.78, 5) is 2.25. The lowest BCUT2D eigenvalue weighted by atomic mass is 9.97. The highest BCUT2D eigenvalue weighted by molar-refractivity contribution is 6.30. The Balaban J connectivity index is 1.59. The van der Waals surface area contributed by atoms with E-state index in [-0.39, 0.29) is 6.04 Å². The van der Waals surface area contributed by atoms with Gasteiger partial charge in [-0.05, 0) is 42.3 Å². The molecule has 2 N–H and O–H groups in total. The predicted molar refractivity (Wildman–Crippen MR) is 88.3 cm³/mol. The van der Waals surface area contributed by atoms with Gasteiger partial charge in [0.05, 0.1) is 12.8 Å². The van der Waals surface area contributed by atoms with Crippen LogP contribution in [0.25, 0.3) is 11.5 Å². The normalized spacial score (nSPS) is 17.3. The molecule has 0 fully saturated rings. The minimum Gasteiger partial charge on any atom is -0.461 e. The minimum absolute atomic E-state index is 0.0240. The first-order valence-corrected chi connectivity index (χ1v) is 7.88. The Bertz CT molecular complexity index is 813. The largest absolute Gasteiger partial charge is 0.461 e. The maximum Gasteiger partial charge on any atom is 0.202 e. The molecule has 0 radical (unpaired) electrons. The molecular weight excluding hydrogens is 314 g/mol. The van der Waals surface area contributed by atoms with Crippen molar-refractivity contribution in [3.63, 3.8) is 0 Å². The zero-order chi connectivity index (χ0) is 15.8. The SMILES string of the molecule is NC1CCN(Cc2cc(-c3ccco3)on2)c2ccc(Cl)cc21. The second kappa shape index (κ2) is 5.76. The van der Waals surface area contributed by atoms with Gasteiger partial charge in [0.25, 0.3) is 0 Å². The van der Waals surface area contributed by atoms with Crippen LogP contribution in [0.1, 0.15) is 23.7 Å².